The Morgan fingerprint density at radius 3 is 2.71 bits per heavy atom. The Kier molecular flexibility index (Phi) is 6.00. The molecule has 0 saturated heterocycles. The summed E-state index contributed by atoms with van der Waals surface area (Å²) in [5.74, 6) is -0.281. The van der Waals surface area contributed by atoms with E-state index < -0.39 is 0 Å². The second kappa shape index (κ2) is 6.17. The van der Waals surface area contributed by atoms with Crippen LogP contribution in [0.4, 0.5) is 4.39 Å². The smallest absolute Gasteiger partial charge is 0.137 e. The summed E-state index contributed by atoms with van der Waals surface area (Å²) in [5, 5.41) is 0. The normalized spacial score (nSPS) is 11.6. The van der Waals surface area contributed by atoms with E-state index in [0.29, 0.717) is 10.9 Å². The number of nitrogens with two attached hydrogens (primary N) is 1. The van der Waals surface area contributed by atoms with E-state index in [0.717, 1.165) is 5.56 Å². The summed E-state index contributed by atoms with van der Waals surface area (Å²) >= 11 is 3.08. The van der Waals surface area contributed by atoms with Gasteiger partial charge in [-0.15, -0.1) is 19.0 Å². The highest BCUT2D eigenvalue weighted by Gasteiger charge is 2.06. The van der Waals surface area contributed by atoms with E-state index in [1.54, 1.807) is 18.2 Å². The van der Waals surface area contributed by atoms with Crippen LogP contribution < -0.4 is 5.73 Å². The Labute approximate surface area is 97.7 Å². The minimum absolute atomic E-state index is 0. The van der Waals surface area contributed by atoms with Crippen LogP contribution in [-0.2, 0) is 0 Å². The largest absolute Gasteiger partial charge is 0.324 e. The van der Waals surface area contributed by atoms with Crippen molar-refractivity contribution >= 4 is 28.3 Å². The molecule has 0 heterocycles. The van der Waals surface area contributed by atoms with Gasteiger partial charge in [0.05, 0.1) is 4.47 Å². The number of benzene rings is 1. The minimum Gasteiger partial charge on any atom is -0.324 e. The summed E-state index contributed by atoms with van der Waals surface area (Å²) in [6.45, 7) is 3.58. The van der Waals surface area contributed by atoms with Crippen molar-refractivity contribution in [2.45, 2.75) is 12.5 Å². The van der Waals surface area contributed by atoms with E-state index >= 15 is 0 Å². The Hall–Kier alpha value is -0.380. The predicted octanol–water partition coefficient (Wildman–Crippen LogP) is 3.59. The fourth-order valence-corrected chi connectivity index (χ4v) is 1.31. The maximum Gasteiger partial charge on any atom is 0.137 e. The molecule has 14 heavy (non-hydrogen) atoms. The van der Waals surface area contributed by atoms with E-state index in [1.807, 2.05) is 0 Å². The van der Waals surface area contributed by atoms with Crippen LogP contribution in [0.3, 0.4) is 0 Å². The van der Waals surface area contributed by atoms with Crippen LogP contribution in [0.2, 0.25) is 0 Å². The summed E-state index contributed by atoms with van der Waals surface area (Å²) in [4.78, 5) is 0. The monoisotopic (exact) mass is 279 g/mol. The van der Waals surface area contributed by atoms with Gasteiger partial charge in [-0.1, -0.05) is 12.1 Å². The van der Waals surface area contributed by atoms with E-state index in [4.69, 9.17) is 5.73 Å². The first kappa shape index (κ1) is 13.6. The number of halogens is 3. The highest BCUT2D eigenvalue weighted by atomic mass is 79.9. The van der Waals surface area contributed by atoms with Crippen molar-refractivity contribution in [3.05, 3.63) is 46.7 Å². The summed E-state index contributed by atoms with van der Waals surface area (Å²) in [6, 6.07) is 4.74. The molecule has 0 aliphatic heterocycles. The van der Waals surface area contributed by atoms with Gasteiger partial charge in [0.15, 0.2) is 0 Å². The molecule has 1 aromatic rings. The summed E-state index contributed by atoms with van der Waals surface area (Å²) < 4.78 is 13.5. The molecule has 1 rings (SSSR count). The van der Waals surface area contributed by atoms with E-state index in [-0.39, 0.29) is 24.3 Å². The molecular weight excluding hydrogens is 268 g/mol. The van der Waals surface area contributed by atoms with E-state index in [9.17, 15) is 4.39 Å². The molecule has 0 aromatic heterocycles. The van der Waals surface area contributed by atoms with Gasteiger partial charge in [0.1, 0.15) is 5.82 Å². The van der Waals surface area contributed by atoms with Crippen LogP contribution in [0.15, 0.2) is 35.3 Å². The Morgan fingerprint density at radius 1 is 1.57 bits per heavy atom. The van der Waals surface area contributed by atoms with Crippen molar-refractivity contribution in [3.63, 3.8) is 0 Å². The van der Waals surface area contributed by atoms with Gasteiger partial charge < -0.3 is 5.73 Å². The van der Waals surface area contributed by atoms with Crippen molar-refractivity contribution in [1.29, 1.82) is 0 Å². The average Bonchev–Trinajstić information content (AvgIpc) is 2.10. The first-order valence-corrected chi connectivity index (χ1v) is 4.76. The van der Waals surface area contributed by atoms with Crippen LogP contribution >= 0.6 is 28.3 Å². The maximum atomic E-state index is 13.1. The Bertz CT molecular complexity index is 317. The Balaban J connectivity index is 0.00000169. The lowest BCUT2D eigenvalue weighted by Gasteiger charge is -2.09. The van der Waals surface area contributed by atoms with Gasteiger partial charge >= 0.3 is 0 Å². The fraction of sp³-hybridized carbons (Fsp3) is 0.200. The van der Waals surface area contributed by atoms with Gasteiger partial charge in [-0.2, -0.15) is 0 Å². The third-order valence-electron chi connectivity index (χ3n) is 1.79. The quantitative estimate of drug-likeness (QED) is 0.841. The third-order valence-corrected chi connectivity index (χ3v) is 2.44. The molecule has 1 aromatic carbocycles. The molecule has 0 unspecified atom stereocenters. The molecule has 1 atom stereocenters. The fourth-order valence-electron chi connectivity index (χ4n) is 1.06. The number of hydrogen-bond donors (Lipinski definition) is 1. The highest BCUT2D eigenvalue weighted by Crippen LogP contribution is 2.21. The maximum absolute atomic E-state index is 13.1. The van der Waals surface area contributed by atoms with Crippen molar-refractivity contribution in [3.8, 4) is 0 Å². The third kappa shape index (κ3) is 3.40. The predicted molar refractivity (Wildman–Crippen MR) is 63.1 cm³/mol. The Morgan fingerprint density at radius 2 is 2.21 bits per heavy atom. The van der Waals surface area contributed by atoms with Crippen molar-refractivity contribution in [2.24, 2.45) is 5.73 Å². The molecule has 78 valence electrons. The van der Waals surface area contributed by atoms with Gasteiger partial charge in [-0.3, -0.25) is 0 Å². The number of hydrogen-bond acceptors (Lipinski definition) is 1. The van der Waals surface area contributed by atoms with Gasteiger partial charge in [-0.25, -0.2) is 4.39 Å². The van der Waals surface area contributed by atoms with Crippen LogP contribution in [0.1, 0.15) is 18.0 Å². The summed E-state index contributed by atoms with van der Waals surface area (Å²) in [6.07, 6.45) is 2.38. The van der Waals surface area contributed by atoms with E-state index in [2.05, 4.69) is 22.5 Å². The van der Waals surface area contributed by atoms with Crippen molar-refractivity contribution in [2.75, 3.05) is 0 Å². The highest BCUT2D eigenvalue weighted by molar-refractivity contribution is 9.10. The zero-order chi connectivity index (χ0) is 9.84. The molecule has 0 fully saturated rings. The summed E-state index contributed by atoms with van der Waals surface area (Å²) in [5.41, 5.74) is 6.56. The molecule has 0 saturated carbocycles. The molecular formula is C10H12BrClFN. The zero-order valence-electron chi connectivity index (χ0n) is 7.54. The molecule has 2 N–H and O–H groups in total. The van der Waals surface area contributed by atoms with E-state index in [1.165, 1.54) is 6.07 Å². The molecule has 4 heteroatoms. The molecule has 0 aliphatic rings. The number of rotatable bonds is 3. The van der Waals surface area contributed by atoms with Crippen LogP contribution in [0.25, 0.3) is 0 Å². The van der Waals surface area contributed by atoms with Crippen molar-refractivity contribution < 1.29 is 4.39 Å². The minimum atomic E-state index is -0.281. The first-order chi connectivity index (χ1) is 6.15. The standard InChI is InChI=1S/C10H11BrFN.ClH/c1-2-3-10(13)7-4-5-8(11)9(12)6-7;/h2,4-6,10H,1,3,13H2;1H/t10-;/m1./s1. The second-order valence-corrected chi connectivity index (χ2v) is 3.66. The summed E-state index contributed by atoms with van der Waals surface area (Å²) in [7, 11) is 0. The van der Waals surface area contributed by atoms with Gasteiger partial charge in [0.25, 0.3) is 0 Å². The average molecular weight is 281 g/mol. The lowest BCUT2D eigenvalue weighted by atomic mass is 10.1. The lowest BCUT2D eigenvalue weighted by molar-refractivity contribution is 0.613. The molecule has 0 aliphatic carbocycles. The molecule has 0 radical (unpaired) electrons. The van der Waals surface area contributed by atoms with Gasteiger partial charge in [0, 0.05) is 6.04 Å². The van der Waals surface area contributed by atoms with Gasteiger partial charge in [0.2, 0.25) is 0 Å². The SMILES string of the molecule is C=CC[C@@H](N)c1ccc(Br)c(F)c1.Cl. The molecule has 0 spiro atoms. The topological polar surface area (TPSA) is 26.0 Å². The van der Waals surface area contributed by atoms with Crippen LogP contribution in [0, 0.1) is 5.82 Å². The molecule has 0 bridgehead atoms. The lowest BCUT2D eigenvalue weighted by Crippen LogP contribution is -2.09. The van der Waals surface area contributed by atoms with Crippen LogP contribution in [0.5, 0.6) is 0 Å². The van der Waals surface area contributed by atoms with Crippen LogP contribution in [-0.4, -0.2) is 0 Å². The van der Waals surface area contributed by atoms with Crippen molar-refractivity contribution in [1.82, 2.24) is 0 Å². The second-order valence-electron chi connectivity index (χ2n) is 2.80. The zero-order valence-corrected chi connectivity index (χ0v) is 9.94. The molecule has 1 nitrogen and oxygen atoms in total. The first-order valence-electron chi connectivity index (χ1n) is 3.96. The molecule has 0 amide bonds. The van der Waals surface area contributed by atoms with Gasteiger partial charge in [-0.05, 0) is 40.0 Å².